The van der Waals surface area contributed by atoms with Crippen LogP contribution in [-0.2, 0) is 10.0 Å². The molecule has 4 aromatic rings. The van der Waals surface area contributed by atoms with E-state index < -0.39 is 26.6 Å². The van der Waals surface area contributed by atoms with Gasteiger partial charge < -0.3 is 0 Å². The van der Waals surface area contributed by atoms with Gasteiger partial charge in [-0.25, -0.2) is 17.2 Å². The molecule has 10 heteroatoms. The van der Waals surface area contributed by atoms with E-state index in [1.54, 1.807) is 24.3 Å². The molecule has 0 saturated heterocycles. The third-order valence-corrected chi connectivity index (χ3v) is 5.19. The highest BCUT2D eigenvalue weighted by Crippen LogP contribution is 2.23. The number of fused-ring (bicyclic) bond motifs is 1. The van der Waals surface area contributed by atoms with Crippen LogP contribution in [-0.4, -0.2) is 28.2 Å². The normalized spacial score (nSPS) is 11.6. The molecule has 0 spiro atoms. The number of nitrogens with one attached hydrogen (secondary N) is 1. The van der Waals surface area contributed by atoms with E-state index in [2.05, 4.69) is 20.0 Å². The highest BCUT2D eigenvalue weighted by atomic mass is 32.2. The van der Waals surface area contributed by atoms with E-state index in [0.717, 1.165) is 17.7 Å². The van der Waals surface area contributed by atoms with Crippen molar-refractivity contribution in [3.63, 3.8) is 0 Å². The summed E-state index contributed by atoms with van der Waals surface area (Å²) in [6, 6.07) is 12.2. The van der Waals surface area contributed by atoms with E-state index in [1.165, 1.54) is 23.0 Å². The van der Waals surface area contributed by atoms with Crippen molar-refractivity contribution in [3.05, 3.63) is 72.6 Å². The van der Waals surface area contributed by atoms with Crippen molar-refractivity contribution in [3.8, 4) is 11.3 Å². The van der Waals surface area contributed by atoms with Gasteiger partial charge in [0.1, 0.15) is 22.9 Å². The van der Waals surface area contributed by atoms with Crippen molar-refractivity contribution in [2.45, 2.75) is 4.90 Å². The summed E-state index contributed by atoms with van der Waals surface area (Å²) >= 11 is 0. The highest BCUT2D eigenvalue weighted by Gasteiger charge is 2.19. The van der Waals surface area contributed by atoms with Gasteiger partial charge in [0.05, 0.1) is 5.69 Å². The van der Waals surface area contributed by atoms with E-state index in [-0.39, 0.29) is 5.69 Å². The topological polar surface area (TPSA) is 89.2 Å². The maximum atomic E-state index is 13.8. The Kier molecular flexibility index (Phi) is 4.04. The molecule has 0 saturated carbocycles. The van der Waals surface area contributed by atoms with Gasteiger partial charge in [-0.1, -0.05) is 12.1 Å². The minimum absolute atomic E-state index is 0.229. The van der Waals surface area contributed by atoms with Crippen LogP contribution in [0.5, 0.6) is 0 Å². The van der Waals surface area contributed by atoms with Crippen molar-refractivity contribution in [2.24, 2.45) is 0 Å². The highest BCUT2D eigenvalue weighted by molar-refractivity contribution is 7.92. The Labute approximate surface area is 152 Å². The number of aromatic nitrogens is 4. The third-order valence-electron chi connectivity index (χ3n) is 3.78. The molecule has 0 fully saturated rings. The molecule has 0 aliphatic heterocycles. The first kappa shape index (κ1) is 17.0. The van der Waals surface area contributed by atoms with Gasteiger partial charge in [0.2, 0.25) is 0 Å². The molecule has 1 N–H and O–H groups in total. The predicted octanol–water partition coefficient (Wildman–Crippen LogP) is 2.87. The number of hydrogen-bond acceptors (Lipinski definition) is 5. The van der Waals surface area contributed by atoms with Crippen molar-refractivity contribution < 1.29 is 17.2 Å². The van der Waals surface area contributed by atoms with Gasteiger partial charge in [0.15, 0.2) is 5.65 Å². The summed E-state index contributed by atoms with van der Waals surface area (Å²) in [5.41, 5.74) is 2.21. The smallest absolute Gasteiger partial charge is 0.264 e. The number of nitrogens with zero attached hydrogens (tertiary/aromatic N) is 4. The molecule has 0 aliphatic carbocycles. The Bertz CT molecular complexity index is 1240. The molecule has 0 unspecified atom stereocenters. The van der Waals surface area contributed by atoms with Gasteiger partial charge in [-0.2, -0.15) is 9.61 Å². The van der Waals surface area contributed by atoms with Gasteiger partial charge in [0, 0.05) is 17.3 Å². The average molecular weight is 387 g/mol. The molecule has 2 heterocycles. The number of rotatable bonds is 4. The van der Waals surface area contributed by atoms with Crippen molar-refractivity contribution in [1.82, 2.24) is 19.8 Å². The number of anilines is 1. The molecule has 27 heavy (non-hydrogen) atoms. The number of sulfonamides is 1. The van der Waals surface area contributed by atoms with Crippen LogP contribution in [0.25, 0.3) is 16.9 Å². The lowest BCUT2D eigenvalue weighted by molar-refractivity contribution is 0.551. The summed E-state index contributed by atoms with van der Waals surface area (Å²) in [6.45, 7) is 0. The maximum Gasteiger partial charge on any atom is 0.264 e. The van der Waals surface area contributed by atoms with Gasteiger partial charge >= 0.3 is 0 Å². The number of benzene rings is 2. The predicted molar refractivity (Wildman–Crippen MR) is 93.4 cm³/mol. The second-order valence-electron chi connectivity index (χ2n) is 5.61. The van der Waals surface area contributed by atoms with E-state index in [0.29, 0.717) is 17.4 Å². The molecule has 136 valence electrons. The Morgan fingerprint density at radius 3 is 2.48 bits per heavy atom. The van der Waals surface area contributed by atoms with Gasteiger partial charge in [-0.05, 0) is 36.4 Å². The Morgan fingerprint density at radius 2 is 1.74 bits per heavy atom. The lowest BCUT2D eigenvalue weighted by atomic mass is 10.1. The molecule has 0 atom stereocenters. The van der Waals surface area contributed by atoms with E-state index in [1.807, 2.05) is 0 Å². The molecule has 7 nitrogen and oxygen atoms in total. The summed E-state index contributed by atoms with van der Waals surface area (Å²) in [4.78, 5) is -0.632. The largest absolute Gasteiger partial charge is 0.280 e. The van der Waals surface area contributed by atoms with Crippen LogP contribution in [0.15, 0.2) is 65.8 Å². The monoisotopic (exact) mass is 387 g/mol. The Balaban J connectivity index is 1.60. The van der Waals surface area contributed by atoms with E-state index in [4.69, 9.17) is 0 Å². The lowest BCUT2D eigenvalue weighted by Gasteiger charge is -2.09. The first-order valence-corrected chi connectivity index (χ1v) is 9.16. The zero-order valence-corrected chi connectivity index (χ0v) is 14.4. The lowest BCUT2D eigenvalue weighted by Crippen LogP contribution is -2.14. The Morgan fingerprint density at radius 1 is 0.963 bits per heavy atom. The Hall–Kier alpha value is -3.40. The molecule has 2 aromatic heterocycles. The van der Waals surface area contributed by atoms with Crippen LogP contribution < -0.4 is 4.72 Å². The first-order valence-electron chi connectivity index (χ1n) is 7.68. The molecule has 2 aromatic carbocycles. The van der Waals surface area contributed by atoms with Crippen LogP contribution in [0.2, 0.25) is 0 Å². The van der Waals surface area contributed by atoms with Gasteiger partial charge in [0.25, 0.3) is 10.0 Å². The maximum absolute atomic E-state index is 13.8. The van der Waals surface area contributed by atoms with Crippen LogP contribution in [0.3, 0.4) is 0 Å². The van der Waals surface area contributed by atoms with E-state index in [9.17, 15) is 17.2 Å². The van der Waals surface area contributed by atoms with Crippen LogP contribution in [0.1, 0.15) is 0 Å². The van der Waals surface area contributed by atoms with Crippen LogP contribution >= 0.6 is 0 Å². The first-order chi connectivity index (χ1) is 12.9. The molecule has 0 amide bonds. The van der Waals surface area contributed by atoms with Crippen LogP contribution in [0, 0.1) is 11.6 Å². The zero-order chi connectivity index (χ0) is 19.0. The van der Waals surface area contributed by atoms with Gasteiger partial charge in [-0.3, -0.25) is 4.72 Å². The second kappa shape index (κ2) is 6.40. The minimum Gasteiger partial charge on any atom is -0.280 e. The van der Waals surface area contributed by atoms with E-state index >= 15 is 0 Å². The fraction of sp³-hybridized carbons (Fsp3) is 0. The average Bonchev–Trinajstić information content (AvgIpc) is 3.09. The zero-order valence-electron chi connectivity index (χ0n) is 13.5. The number of halogens is 2. The summed E-state index contributed by atoms with van der Waals surface area (Å²) < 4.78 is 55.1. The molecule has 4 rings (SSSR count). The third kappa shape index (κ3) is 3.34. The molecule has 0 radical (unpaired) electrons. The molecule has 0 aliphatic rings. The van der Waals surface area contributed by atoms with Crippen molar-refractivity contribution >= 4 is 21.4 Å². The minimum atomic E-state index is -4.19. The fourth-order valence-corrected chi connectivity index (χ4v) is 3.61. The van der Waals surface area contributed by atoms with Gasteiger partial charge in [-0.15, -0.1) is 10.2 Å². The standard InChI is InChI=1S/C17H11F2N5O2S/c18-12-3-7-16(14(19)9-12)27(25,26)23-13-4-1-11(2-5-13)15-6-8-17-21-20-10-24(17)22-15/h1-10,23H. The molecule has 0 bridgehead atoms. The SMILES string of the molecule is O=S(=O)(Nc1ccc(-c2ccc3nncn3n2)cc1)c1ccc(F)cc1F. The molecular formula is C17H11F2N5O2S. The molecular weight excluding hydrogens is 376 g/mol. The summed E-state index contributed by atoms with van der Waals surface area (Å²) in [5, 5.41) is 12.0. The van der Waals surface area contributed by atoms with Crippen molar-refractivity contribution in [1.29, 1.82) is 0 Å². The summed E-state index contributed by atoms with van der Waals surface area (Å²) in [6.07, 6.45) is 1.47. The van der Waals surface area contributed by atoms with Crippen molar-refractivity contribution in [2.75, 3.05) is 4.72 Å². The summed E-state index contributed by atoms with van der Waals surface area (Å²) in [7, 11) is -4.19. The fourth-order valence-electron chi connectivity index (χ4n) is 2.49. The summed E-state index contributed by atoms with van der Waals surface area (Å²) in [5.74, 6) is -2.01. The second-order valence-corrected chi connectivity index (χ2v) is 7.26. The van der Waals surface area contributed by atoms with Crippen LogP contribution in [0.4, 0.5) is 14.5 Å². The number of hydrogen-bond donors (Lipinski definition) is 1. The quantitative estimate of drug-likeness (QED) is 0.582.